The van der Waals surface area contributed by atoms with E-state index in [4.69, 9.17) is 5.73 Å². The lowest BCUT2D eigenvalue weighted by molar-refractivity contribution is 0.693. The van der Waals surface area contributed by atoms with Gasteiger partial charge in [0.25, 0.3) is 5.56 Å². The molecule has 0 saturated heterocycles. The van der Waals surface area contributed by atoms with Crippen LogP contribution in [0.5, 0.6) is 0 Å². The Bertz CT molecular complexity index is 903. The highest BCUT2D eigenvalue weighted by Crippen LogP contribution is 2.19. The van der Waals surface area contributed by atoms with Gasteiger partial charge in [0.2, 0.25) is 0 Å². The first kappa shape index (κ1) is 12.2. The maximum Gasteiger partial charge on any atom is 0.328 e. The topological polar surface area (TPSA) is 110 Å². The molecule has 0 saturated carbocycles. The van der Waals surface area contributed by atoms with Gasteiger partial charge in [-0.2, -0.15) is 0 Å². The molecule has 7 nitrogen and oxygen atoms in total. The van der Waals surface area contributed by atoms with Crippen LogP contribution in [0.1, 0.15) is 11.1 Å². The fraction of sp³-hybridized carbons (Fsp3) is 0.154. The van der Waals surface area contributed by atoms with Gasteiger partial charge in [0.05, 0.1) is 23.9 Å². The lowest BCUT2D eigenvalue weighted by Crippen LogP contribution is -2.36. The molecule has 102 valence electrons. The Labute approximate surface area is 113 Å². The molecule has 3 aromatic rings. The lowest BCUT2D eigenvalue weighted by atomic mass is 10.1. The number of anilines is 1. The number of rotatable bonds is 2. The smallest absolute Gasteiger partial charge is 0.328 e. The van der Waals surface area contributed by atoms with Crippen molar-refractivity contribution < 1.29 is 0 Å². The number of fused-ring (bicyclic) bond motifs is 1. The summed E-state index contributed by atoms with van der Waals surface area (Å²) in [5.41, 5.74) is 8.40. The Morgan fingerprint density at radius 3 is 2.90 bits per heavy atom. The van der Waals surface area contributed by atoms with Crippen LogP contribution >= 0.6 is 0 Å². The van der Waals surface area contributed by atoms with E-state index in [-0.39, 0.29) is 12.1 Å². The van der Waals surface area contributed by atoms with Gasteiger partial charge in [-0.1, -0.05) is 0 Å². The highest BCUT2D eigenvalue weighted by Gasteiger charge is 2.09. The Hall–Kier alpha value is -2.83. The van der Waals surface area contributed by atoms with Gasteiger partial charge in [-0.25, -0.2) is 9.78 Å². The Balaban J connectivity index is 2.14. The molecule has 20 heavy (non-hydrogen) atoms. The number of aryl methyl sites for hydroxylation is 1. The second-order valence-electron chi connectivity index (χ2n) is 4.64. The van der Waals surface area contributed by atoms with Gasteiger partial charge in [0.15, 0.2) is 0 Å². The van der Waals surface area contributed by atoms with Crippen molar-refractivity contribution in [2.45, 2.75) is 13.5 Å². The zero-order chi connectivity index (χ0) is 14.3. The molecule has 0 spiro atoms. The molecule has 0 atom stereocenters. The molecule has 1 aromatic carbocycles. The summed E-state index contributed by atoms with van der Waals surface area (Å²) < 4.78 is 1.13. The summed E-state index contributed by atoms with van der Waals surface area (Å²) in [6.45, 7) is 1.77. The van der Waals surface area contributed by atoms with E-state index in [9.17, 15) is 9.59 Å². The summed E-state index contributed by atoms with van der Waals surface area (Å²) in [5.74, 6) is 0. The molecule has 0 bridgehead atoms. The number of H-pyrrole nitrogens is 2. The number of hydrogen-bond acceptors (Lipinski definition) is 4. The molecule has 4 N–H and O–H groups in total. The van der Waals surface area contributed by atoms with E-state index in [1.165, 1.54) is 6.20 Å². The van der Waals surface area contributed by atoms with Gasteiger partial charge in [0, 0.05) is 17.4 Å². The first-order valence-corrected chi connectivity index (χ1v) is 6.07. The zero-order valence-corrected chi connectivity index (χ0v) is 10.8. The fourth-order valence-electron chi connectivity index (χ4n) is 2.11. The summed E-state index contributed by atoms with van der Waals surface area (Å²) in [6, 6.07) is 3.52. The highest BCUT2D eigenvalue weighted by atomic mass is 16.2. The molecule has 0 aliphatic heterocycles. The van der Waals surface area contributed by atoms with E-state index in [1.54, 1.807) is 25.4 Å². The van der Waals surface area contributed by atoms with Crippen molar-refractivity contribution in [1.29, 1.82) is 0 Å². The second kappa shape index (κ2) is 4.37. The summed E-state index contributed by atoms with van der Waals surface area (Å²) in [6.07, 6.45) is 2.97. The summed E-state index contributed by atoms with van der Waals surface area (Å²) in [4.78, 5) is 33.4. The number of aromatic nitrogens is 4. The second-order valence-corrected chi connectivity index (χ2v) is 4.64. The van der Waals surface area contributed by atoms with E-state index in [0.717, 1.165) is 15.6 Å². The Morgan fingerprint density at radius 2 is 2.10 bits per heavy atom. The average Bonchev–Trinajstić information content (AvgIpc) is 2.86. The highest BCUT2D eigenvalue weighted by molar-refractivity contribution is 5.80. The number of nitrogens with zero attached hydrogens (tertiary/aromatic N) is 2. The minimum absolute atomic E-state index is 0.122. The van der Waals surface area contributed by atoms with E-state index in [2.05, 4.69) is 15.0 Å². The molecule has 0 fully saturated rings. The van der Waals surface area contributed by atoms with E-state index >= 15 is 0 Å². The third-order valence-corrected chi connectivity index (χ3v) is 3.25. The molecule has 2 heterocycles. The third kappa shape index (κ3) is 1.89. The van der Waals surface area contributed by atoms with Gasteiger partial charge >= 0.3 is 5.69 Å². The van der Waals surface area contributed by atoms with Gasteiger partial charge in [0.1, 0.15) is 0 Å². The first-order chi connectivity index (χ1) is 9.56. The van der Waals surface area contributed by atoms with Crippen LogP contribution in [-0.4, -0.2) is 19.5 Å². The molecule has 0 radical (unpaired) electrons. The number of nitrogens with two attached hydrogens (primary N) is 1. The van der Waals surface area contributed by atoms with Crippen LogP contribution in [0.2, 0.25) is 0 Å². The Kier molecular flexibility index (Phi) is 2.67. The third-order valence-electron chi connectivity index (χ3n) is 3.25. The summed E-state index contributed by atoms with van der Waals surface area (Å²) in [7, 11) is 0. The van der Waals surface area contributed by atoms with E-state index in [1.807, 2.05) is 0 Å². The van der Waals surface area contributed by atoms with Crippen LogP contribution in [0.25, 0.3) is 11.0 Å². The number of nitrogens with one attached hydrogen (secondary N) is 2. The van der Waals surface area contributed by atoms with Gasteiger partial charge in [-0.3, -0.25) is 9.36 Å². The number of hydrogen-bond donors (Lipinski definition) is 3. The largest absolute Gasteiger partial charge is 0.398 e. The minimum atomic E-state index is -0.454. The molecule has 0 amide bonds. The number of aromatic amines is 2. The first-order valence-electron chi connectivity index (χ1n) is 6.07. The van der Waals surface area contributed by atoms with Crippen LogP contribution < -0.4 is 17.0 Å². The van der Waals surface area contributed by atoms with Crippen molar-refractivity contribution in [2.24, 2.45) is 0 Å². The van der Waals surface area contributed by atoms with Crippen LogP contribution in [0.3, 0.4) is 0 Å². The van der Waals surface area contributed by atoms with Crippen LogP contribution in [0, 0.1) is 6.92 Å². The monoisotopic (exact) mass is 271 g/mol. The maximum atomic E-state index is 12.0. The quantitative estimate of drug-likeness (QED) is 0.584. The molecular weight excluding hydrogens is 258 g/mol. The van der Waals surface area contributed by atoms with Crippen LogP contribution in [0.15, 0.2) is 34.2 Å². The molecule has 2 aromatic heterocycles. The number of nitrogen functional groups attached to an aromatic ring is 1. The maximum absolute atomic E-state index is 12.0. The lowest BCUT2D eigenvalue weighted by Gasteiger charge is -2.08. The number of benzene rings is 1. The average molecular weight is 271 g/mol. The van der Waals surface area contributed by atoms with E-state index < -0.39 is 5.69 Å². The van der Waals surface area contributed by atoms with Gasteiger partial charge in [-0.05, 0) is 24.6 Å². The minimum Gasteiger partial charge on any atom is -0.398 e. The van der Waals surface area contributed by atoms with Crippen LogP contribution in [0.4, 0.5) is 5.69 Å². The number of imidazole rings is 1. The van der Waals surface area contributed by atoms with E-state index in [0.29, 0.717) is 16.8 Å². The normalized spacial score (nSPS) is 11.1. The fourth-order valence-corrected chi connectivity index (χ4v) is 2.11. The molecular formula is C13H13N5O2. The molecule has 0 aliphatic rings. The van der Waals surface area contributed by atoms with Gasteiger partial charge < -0.3 is 15.7 Å². The van der Waals surface area contributed by atoms with Crippen molar-refractivity contribution in [2.75, 3.05) is 5.73 Å². The van der Waals surface area contributed by atoms with Gasteiger partial charge in [-0.15, -0.1) is 0 Å². The van der Waals surface area contributed by atoms with Crippen molar-refractivity contribution in [1.82, 2.24) is 19.5 Å². The van der Waals surface area contributed by atoms with Crippen LogP contribution in [-0.2, 0) is 6.54 Å². The predicted molar refractivity (Wildman–Crippen MR) is 75.7 cm³/mol. The molecule has 0 aliphatic carbocycles. The van der Waals surface area contributed by atoms with Crippen molar-refractivity contribution in [3.63, 3.8) is 0 Å². The Morgan fingerprint density at radius 1 is 1.30 bits per heavy atom. The predicted octanol–water partition coefficient (Wildman–Crippen LogP) is 0.352. The summed E-state index contributed by atoms with van der Waals surface area (Å²) in [5, 5.41) is 0. The van der Waals surface area contributed by atoms with Crippen molar-refractivity contribution in [3.05, 3.63) is 56.6 Å². The van der Waals surface area contributed by atoms with Crippen molar-refractivity contribution >= 4 is 16.7 Å². The summed E-state index contributed by atoms with van der Waals surface area (Å²) >= 11 is 0. The molecule has 0 unspecified atom stereocenters. The SMILES string of the molecule is Cc1c[nH]c(=O)n(Cc2cc3[nH]cnc3cc2N)c1=O. The standard InChI is InChI=1S/C13H13N5O2/c1-7-4-15-13(20)18(12(7)19)5-8-2-10-11(3-9(8)14)17-6-16-10/h2-4,6H,5,14H2,1H3,(H,15,20)(H,16,17). The molecule has 7 heteroatoms. The van der Waals surface area contributed by atoms with Crippen molar-refractivity contribution in [3.8, 4) is 0 Å². The zero-order valence-electron chi connectivity index (χ0n) is 10.8. The molecule has 3 rings (SSSR count).